The number of rotatable bonds is 20. The number of methoxy groups -OCH3 is 1. The van der Waals surface area contributed by atoms with Crippen LogP contribution in [0, 0.1) is 5.82 Å². The van der Waals surface area contributed by atoms with Crippen molar-refractivity contribution < 1.29 is 51.3 Å². The highest BCUT2D eigenvalue weighted by Crippen LogP contribution is 2.57. The standard InChI is InChI=1S/C32H42FN7O10P2S/c1-3-39(12-14-49-52(45,46)50-51(42,43)44)20-24-9-5-10-40(24)11-6-13-48-29-18-27-26(17-28(29)47-2)31(36-21-35-27)38-32-34-19-25(53-32)16-30(41)37-23-8-4-7-22(33)15-23/h4,7-8,15,17-19,21,24H,3,5-6,9-14,16,20H2,1-2H3,(H,37,41)(H,45,46)(H2,42,43,44)(H,34,35,36,38)/t24-/m0/s1. The minimum Gasteiger partial charge on any atom is -0.493 e. The van der Waals surface area contributed by atoms with Crippen LogP contribution in [0.1, 0.15) is 31.1 Å². The van der Waals surface area contributed by atoms with Crippen LogP contribution in [0.25, 0.3) is 10.9 Å². The predicted molar refractivity (Wildman–Crippen MR) is 196 cm³/mol. The fourth-order valence-electron chi connectivity index (χ4n) is 5.88. The highest BCUT2D eigenvalue weighted by Gasteiger charge is 2.32. The molecule has 1 amide bonds. The van der Waals surface area contributed by atoms with Gasteiger partial charge in [0.2, 0.25) is 5.91 Å². The average molecular weight is 798 g/mol. The van der Waals surface area contributed by atoms with E-state index in [1.165, 1.54) is 35.9 Å². The first-order valence-corrected chi connectivity index (χ1v) is 20.6. The first kappa shape index (κ1) is 40.6. The van der Waals surface area contributed by atoms with Crippen molar-refractivity contribution in [1.29, 1.82) is 0 Å². The molecule has 1 aliphatic rings. The highest BCUT2D eigenvalue weighted by atomic mass is 32.1. The number of amides is 1. The van der Waals surface area contributed by atoms with Gasteiger partial charge in [0.25, 0.3) is 0 Å². The van der Waals surface area contributed by atoms with Crippen molar-refractivity contribution in [1.82, 2.24) is 24.8 Å². The number of benzene rings is 2. The van der Waals surface area contributed by atoms with E-state index in [4.69, 9.17) is 23.8 Å². The molecule has 0 spiro atoms. The molecule has 1 saturated heterocycles. The molecule has 0 bridgehead atoms. The van der Waals surface area contributed by atoms with Gasteiger partial charge in [-0.05, 0) is 56.6 Å². The number of carbonyl (C=O) groups is 1. The van der Waals surface area contributed by atoms with Crippen molar-refractivity contribution >= 4 is 60.4 Å². The maximum absolute atomic E-state index is 13.5. The fraction of sp³-hybridized carbons (Fsp3) is 0.438. The molecule has 5 rings (SSSR count). The topological polar surface area (TPSA) is 218 Å². The Kier molecular flexibility index (Phi) is 14.3. The lowest BCUT2D eigenvalue weighted by Crippen LogP contribution is -2.42. The number of halogens is 1. The Bertz CT molecular complexity index is 1950. The third-order valence-electron chi connectivity index (χ3n) is 8.28. The van der Waals surface area contributed by atoms with E-state index in [0.29, 0.717) is 63.6 Å². The maximum Gasteiger partial charge on any atom is 0.481 e. The molecular formula is C32H42FN7O10P2S. The van der Waals surface area contributed by atoms with E-state index >= 15 is 0 Å². The average Bonchev–Trinajstić information content (AvgIpc) is 3.73. The van der Waals surface area contributed by atoms with E-state index in [1.54, 1.807) is 31.5 Å². The van der Waals surface area contributed by atoms with E-state index in [9.17, 15) is 23.2 Å². The smallest absolute Gasteiger partial charge is 0.481 e. The fourth-order valence-corrected chi connectivity index (χ4v) is 8.27. The molecule has 21 heteroatoms. The number of likely N-dealkylation sites (N-methyl/N-ethyl adjacent to an activating group) is 1. The lowest BCUT2D eigenvalue weighted by atomic mass is 10.2. The Morgan fingerprint density at radius 1 is 1.13 bits per heavy atom. The Labute approximate surface area is 309 Å². The van der Waals surface area contributed by atoms with Crippen molar-refractivity contribution in [2.75, 3.05) is 63.7 Å². The largest absolute Gasteiger partial charge is 0.493 e. The van der Waals surface area contributed by atoms with Crippen molar-refractivity contribution in [3.8, 4) is 11.5 Å². The van der Waals surface area contributed by atoms with E-state index in [0.717, 1.165) is 32.4 Å². The number of aromatic nitrogens is 3. The molecular weight excluding hydrogens is 755 g/mol. The minimum absolute atomic E-state index is 0.0678. The predicted octanol–water partition coefficient (Wildman–Crippen LogP) is 4.94. The monoisotopic (exact) mass is 797 g/mol. The molecule has 1 fully saturated rings. The van der Waals surface area contributed by atoms with Gasteiger partial charge in [-0.1, -0.05) is 13.0 Å². The van der Waals surface area contributed by atoms with Crippen LogP contribution < -0.4 is 20.1 Å². The van der Waals surface area contributed by atoms with Gasteiger partial charge < -0.3 is 34.8 Å². The zero-order chi connectivity index (χ0) is 38.0. The molecule has 0 radical (unpaired) electrons. The summed E-state index contributed by atoms with van der Waals surface area (Å²) in [4.78, 5) is 57.9. The second-order valence-electron chi connectivity index (χ2n) is 12.0. The SMILES string of the molecule is CCN(CCOP(=O)(O)OP(=O)(O)O)C[C@@H]1CCCN1CCCOc1cc2ncnc(Nc3ncc(CC(=O)Nc4cccc(F)c4)s3)c2cc1OC. The van der Waals surface area contributed by atoms with Crippen LogP contribution in [-0.2, 0) is 29.2 Å². The summed E-state index contributed by atoms with van der Waals surface area (Å²) in [7, 11) is -8.49. The zero-order valence-corrected chi connectivity index (χ0v) is 31.7. The summed E-state index contributed by atoms with van der Waals surface area (Å²) in [5.41, 5.74) is 1.00. The van der Waals surface area contributed by atoms with Crippen LogP contribution in [0.15, 0.2) is 48.9 Å². The molecule has 288 valence electrons. The van der Waals surface area contributed by atoms with E-state index in [1.807, 2.05) is 11.8 Å². The number of phosphoric ester groups is 1. The van der Waals surface area contributed by atoms with Crippen molar-refractivity contribution in [2.24, 2.45) is 0 Å². The van der Waals surface area contributed by atoms with Gasteiger partial charge in [0.05, 0.1) is 32.3 Å². The number of nitrogens with one attached hydrogen (secondary N) is 2. The number of nitrogens with zero attached hydrogens (tertiary/aromatic N) is 5. The third kappa shape index (κ3) is 12.5. The summed E-state index contributed by atoms with van der Waals surface area (Å²) in [5, 5.41) is 7.09. The number of carbonyl (C=O) groups excluding carboxylic acids is 1. The molecule has 5 N–H and O–H groups in total. The summed E-state index contributed by atoms with van der Waals surface area (Å²) >= 11 is 1.29. The third-order valence-corrected chi connectivity index (χ3v) is 11.4. The van der Waals surface area contributed by atoms with Gasteiger partial charge in [-0.15, -0.1) is 11.3 Å². The number of fused-ring (bicyclic) bond motifs is 1. The molecule has 1 unspecified atom stereocenters. The number of anilines is 3. The van der Waals surface area contributed by atoms with Crippen LogP contribution in [0.3, 0.4) is 0 Å². The van der Waals surface area contributed by atoms with Gasteiger partial charge in [-0.2, -0.15) is 4.31 Å². The van der Waals surface area contributed by atoms with E-state index < -0.39 is 21.5 Å². The van der Waals surface area contributed by atoms with Crippen LogP contribution >= 0.6 is 27.0 Å². The van der Waals surface area contributed by atoms with Crippen molar-refractivity contribution in [2.45, 2.75) is 38.6 Å². The van der Waals surface area contributed by atoms with Crippen molar-refractivity contribution in [3.05, 3.63) is 59.6 Å². The lowest BCUT2D eigenvalue weighted by Gasteiger charge is -2.30. The van der Waals surface area contributed by atoms with Gasteiger partial charge >= 0.3 is 15.6 Å². The number of thiazole rings is 1. The van der Waals surface area contributed by atoms with Gasteiger partial charge in [-0.3, -0.25) is 19.1 Å². The second kappa shape index (κ2) is 18.6. The molecule has 0 aliphatic carbocycles. The molecule has 53 heavy (non-hydrogen) atoms. The Hall–Kier alpha value is -3.61. The highest BCUT2D eigenvalue weighted by molar-refractivity contribution is 7.60. The molecule has 0 saturated carbocycles. The number of phosphoric acid groups is 2. The molecule has 4 aromatic rings. The molecule has 3 heterocycles. The molecule has 2 aromatic carbocycles. The zero-order valence-electron chi connectivity index (χ0n) is 29.1. The molecule has 2 aromatic heterocycles. The first-order valence-electron chi connectivity index (χ1n) is 16.7. The number of likely N-dealkylation sites (tertiary alicyclic amines) is 1. The minimum atomic E-state index is -5.17. The Morgan fingerprint density at radius 2 is 1.96 bits per heavy atom. The van der Waals surface area contributed by atoms with Crippen LogP contribution in [0.2, 0.25) is 0 Å². The van der Waals surface area contributed by atoms with Crippen LogP contribution in [-0.4, -0.2) is 104 Å². The Balaban J connectivity index is 1.11. The molecule has 17 nitrogen and oxygen atoms in total. The first-order chi connectivity index (χ1) is 25.3. The number of ether oxygens (including phenoxy) is 2. The van der Waals surface area contributed by atoms with Gasteiger partial charge in [0, 0.05) is 53.9 Å². The molecule has 1 aliphatic heterocycles. The summed E-state index contributed by atoms with van der Waals surface area (Å²) in [6.45, 7) is 5.48. The van der Waals surface area contributed by atoms with Gasteiger partial charge in [-0.25, -0.2) is 28.5 Å². The second-order valence-corrected chi connectivity index (χ2v) is 16.0. The normalized spacial score (nSPS) is 16.2. The quantitative estimate of drug-likeness (QED) is 0.0591. The van der Waals surface area contributed by atoms with Gasteiger partial charge in [0.1, 0.15) is 18.0 Å². The van der Waals surface area contributed by atoms with Crippen LogP contribution in [0.5, 0.6) is 11.5 Å². The number of hydrogen-bond acceptors (Lipinski definition) is 14. The maximum atomic E-state index is 13.5. The van der Waals surface area contributed by atoms with Crippen LogP contribution in [0.4, 0.5) is 21.0 Å². The Morgan fingerprint density at radius 3 is 2.72 bits per heavy atom. The van der Waals surface area contributed by atoms with E-state index in [-0.39, 0.29) is 31.5 Å². The molecule has 2 atom stereocenters. The lowest BCUT2D eigenvalue weighted by molar-refractivity contribution is -0.115. The number of hydrogen-bond donors (Lipinski definition) is 5. The summed E-state index contributed by atoms with van der Waals surface area (Å²) in [5.74, 6) is 0.802. The summed E-state index contributed by atoms with van der Waals surface area (Å²) in [6, 6.07) is 9.54. The van der Waals surface area contributed by atoms with Gasteiger partial charge in [0.15, 0.2) is 16.6 Å². The van der Waals surface area contributed by atoms with Crippen molar-refractivity contribution in [3.63, 3.8) is 0 Å². The summed E-state index contributed by atoms with van der Waals surface area (Å²) in [6.07, 6.45) is 5.86. The van der Waals surface area contributed by atoms with E-state index in [2.05, 4.69) is 34.8 Å². The summed E-state index contributed by atoms with van der Waals surface area (Å²) < 4.78 is 56.5.